The molecule has 0 bridgehead atoms. The average molecular weight is 402 g/mol. The molecule has 0 unspecified atom stereocenters. The molecule has 0 fully saturated rings. The SMILES string of the molecule is CC(=O)c1cc(C(C)=O)cc(C(C)(c2ccc(O)c(C)c2)c2ccc(O)c(C)c2)c1. The molecule has 0 aliphatic heterocycles. The lowest BCUT2D eigenvalue weighted by molar-refractivity contribution is 0.101. The van der Waals surface area contributed by atoms with Gasteiger partial charge in [-0.15, -0.1) is 0 Å². The number of phenolic OH excluding ortho intramolecular Hbond substituents is 2. The number of ketones is 2. The second kappa shape index (κ2) is 7.79. The van der Waals surface area contributed by atoms with Gasteiger partial charge in [-0.05, 0) is 92.8 Å². The predicted molar refractivity (Wildman–Crippen MR) is 118 cm³/mol. The Labute approximate surface area is 176 Å². The normalized spacial score (nSPS) is 11.4. The fourth-order valence-electron chi connectivity index (χ4n) is 3.76. The van der Waals surface area contributed by atoms with E-state index in [1.54, 1.807) is 18.2 Å². The molecule has 0 amide bonds. The van der Waals surface area contributed by atoms with Crippen LogP contribution in [0.15, 0.2) is 54.6 Å². The van der Waals surface area contributed by atoms with Crippen LogP contribution in [0.5, 0.6) is 11.5 Å². The van der Waals surface area contributed by atoms with Crippen molar-refractivity contribution >= 4 is 11.6 Å². The third-order valence-corrected chi connectivity index (χ3v) is 5.87. The molecule has 2 N–H and O–H groups in total. The summed E-state index contributed by atoms with van der Waals surface area (Å²) in [6.45, 7) is 8.64. The van der Waals surface area contributed by atoms with Gasteiger partial charge in [-0.1, -0.05) is 24.3 Å². The molecule has 0 saturated carbocycles. The Morgan fingerprint density at radius 2 is 1.07 bits per heavy atom. The van der Waals surface area contributed by atoms with E-state index in [0.29, 0.717) is 11.1 Å². The van der Waals surface area contributed by atoms with Gasteiger partial charge in [0.2, 0.25) is 0 Å². The molecule has 0 saturated heterocycles. The van der Waals surface area contributed by atoms with Gasteiger partial charge in [0.25, 0.3) is 0 Å². The van der Waals surface area contributed by atoms with Crippen molar-refractivity contribution in [2.45, 2.75) is 40.0 Å². The number of aryl methyl sites for hydroxylation is 2. The number of aromatic hydroxyl groups is 2. The Morgan fingerprint density at radius 1 is 0.667 bits per heavy atom. The van der Waals surface area contributed by atoms with E-state index < -0.39 is 5.41 Å². The zero-order valence-corrected chi connectivity index (χ0v) is 17.9. The third kappa shape index (κ3) is 3.73. The Kier molecular flexibility index (Phi) is 5.53. The molecule has 3 aromatic rings. The van der Waals surface area contributed by atoms with Gasteiger partial charge >= 0.3 is 0 Å². The lowest BCUT2D eigenvalue weighted by atomic mass is 9.69. The molecule has 3 rings (SSSR count). The van der Waals surface area contributed by atoms with Crippen LogP contribution in [0.2, 0.25) is 0 Å². The van der Waals surface area contributed by atoms with Crippen molar-refractivity contribution in [2.75, 3.05) is 0 Å². The maximum atomic E-state index is 12.2. The van der Waals surface area contributed by atoms with Crippen LogP contribution in [0.25, 0.3) is 0 Å². The van der Waals surface area contributed by atoms with Crippen LogP contribution in [0.4, 0.5) is 0 Å². The summed E-state index contributed by atoms with van der Waals surface area (Å²) in [5.74, 6) is 0.158. The minimum Gasteiger partial charge on any atom is -0.508 e. The molecule has 3 aromatic carbocycles. The molecular formula is C26H26O4. The molecular weight excluding hydrogens is 376 g/mol. The smallest absolute Gasteiger partial charge is 0.159 e. The molecule has 0 aliphatic rings. The highest BCUT2D eigenvalue weighted by Gasteiger charge is 2.33. The van der Waals surface area contributed by atoms with Crippen LogP contribution in [0.3, 0.4) is 0 Å². The van der Waals surface area contributed by atoms with E-state index in [1.165, 1.54) is 13.8 Å². The summed E-state index contributed by atoms with van der Waals surface area (Å²) < 4.78 is 0. The number of hydrogen-bond donors (Lipinski definition) is 2. The predicted octanol–water partition coefficient (Wildman–Crippen LogP) is 5.47. The first-order valence-corrected chi connectivity index (χ1v) is 9.81. The van der Waals surface area contributed by atoms with E-state index in [2.05, 4.69) is 0 Å². The summed E-state index contributed by atoms with van der Waals surface area (Å²) in [7, 11) is 0. The van der Waals surface area contributed by atoms with Gasteiger partial charge in [-0.25, -0.2) is 0 Å². The largest absolute Gasteiger partial charge is 0.508 e. The second-order valence-electron chi connectivity index (χ2n) is 8.04. The van der Waals surface area contributed by atoms with Crippen molar-refractivity contribution in [1.29, 1.82) is 0 Å². The van der Waals surface area contributed by atoms with Crippen molar-refractivity contribution in [2.24, 2.45) is 0 Å². The number of hydrogen-bond acceptors (Lipinski definition) is 4. The molecule has 0 spiro atoms. The monoisotopic (exact) mass is 402 g/mol. The molecule has 0 heterocycles. The van der Waals surface area contributed by atoms with Gasteiger partial charge in [-0.3, -0.25) is 9.59 Å². The summed E-state index contributed by atoms with van der Waals surface area (Å²) in [6, 6.07) is 16.1. The standard InChI is InChI=1S/C26H26O4/c1-15-10-21(6-8-24(15)29)26(5,22-7-9-25(30)16(2)11-22)23-13-19(17(3)27)12-20(14-23)18(4)28/h6-14,29-30H,1-5H3. The van der Waals surface area contributed by atoms with E-state index in [9.17, 15) is 19.8 Å². The fraction of sp³-hybridized carbons (Fsp3) is 0.231. The number of carbonyl (C=O) groups excluding carboxylic acids is 2. The van der Waals surface area contributed by atoms with Crippen LogP contribution in [-0.4, -0.2) is 21.8 Å². The van der Waals surface area contributed by atoms with Crippen molar-refractivity contribution in [3.8, 4) is 11.5 Å². The second-order valence-corrected chi connectivity index (χ2v) is 8.04. The number of Topliss-reactive ketones (excluding diaryl/α,β-unsaturated/α-hetero) is 2. The van der Waals surface area contributed by atoms with Crippen molar-refractivity contribution in [3.05, 3.63) is 93.5 Å². The highest BCUT2D eigenvalue weighted by Crippen LogP contribution is 2.42. The average Bonchev–Trinajstić information content (AvgIpc) is 2.71. The summed E-state index contributed by atoms with van der Waals surface area (Å²) in [5.41, 5.74) is 4.25. The highest BCUT2D eigenvalue weighted by molar-refractivity contribution is 6.00. The van der Waals surface area contributed by atoms with E-state index in [4.69, 9.17) is 0 Å². The molecule has 0 radical (unpaired) electrons. The zero-order valence-electron chi connectivity index (χ0n) is 17.9. The summed E-state index contributed by atoms with van der Waals surface area (Å²) in [6.07, 6.45) is 0. The van der Waals surface area contributed by atoms with Gasteiger partial charge < -0.3 is 10.2 Å². The van der Waals surface area contributed by atoms with Crippen LogP contribution >= 0.6 is 0 Å². The van der Waals surface area contributed by atoms with Gasteiger partial charge in [0.15, 0.2) is 11.6 Å². The first-order valence-electron chi connectivity index (χ1n) is 9.81. The van der Waals surface area contributed by atoms with E-state index in [1.807, 2.05) is 57.2 Å². The van der Waals surface area contributed by atoms with E-state index in [0.717, 1.165) is 27.8 Å². The summed E-state index contributed by atoms with van der Waals surface area (Å²) >= 11 is 0. The summed E-state index contributed by atoms with van der Waals surface area (Å²) in [5, 5.41) is 20.1. The van der Waals surface area contributed by atoms with Crippen molar-refractivity contribution < 1.29 is 19.8 Å². The Morgan fingerprint density at radius 3 is 1.40 bits per heavy atom. The lowest BCUT2D eigenvalue weighted by Crippen LogP contribution is -2.26. The van der Waals surface area contributed by atoms with Crippen LogP contribution in [-0.2, 0) is 5.41 Å². The molecule has 154 valence electrons. The molecule has 0 aliphatic carbocycles. The van der Waals surface area contributed by atoms with E-state index in [-0.39, 0.29) is 23.1 Å². The number of phenols is 2. The fourth-order valence-corrected chi connectivity index (χ4v) is 3.76. The molecule has 30 heavy (non-hydrogen) atoms. The third-order valence-electron chi connectivity index (χ3n) is 5.87. The lowest BCUT2D eigenvalue weighted by Gasteiger charge is -2.33. The van der Waals surface area contributed by atoms with Gasteiger partial charge in [0.05, 0.1) is 0 Å². The minimum absolute atomic E-state index is 0.120. The van der Waals surface area contributed by atoms with Crippen molar-refractivity contribution in [1.82, 2.24) is 0 Å². The Hall–Kier alpha value is -3.40. The van der Waals surface area contributed by atoms with Crippen LogP contribution in [0, 0.1) is 13.8 Å². The minimum atomic E-state index is -0.730. The Bertz CT molecular complexity index is 1070. The van der Waals surface area contributed by atoms with Gasteiger partial charge in [-0.2, -0.15) is 0 Å². The number of carbonyl (C=O) groups is 2. The van der Waals surface area contributed by atoms with Crippen LogP contribution in [0.1, 0.15) is 69.3 Å². The highest BCUT2D eigenvalue weighted by atomic mass is 16.3. The first kappa shape index (κ1) is 21.3. The summed E-state index contributed by atoms with van der Waals surface area (Å²) in [4.78, 5) is 24.4. The van der Waals surface area contributed by atoms with E-state index >= 15 is 0 Å². The van der Waals surface area contributed by atoms with Gasteiger partial charge in [0.1, 0.15) is 11.5 Å². The first-order chi connectivity index (χ1) is 14.0. The molecule has 4 nitrogen and oxygen atoms in total. The zero-order chi connectivity index (χ0) is 22.2. The maximum absolute atomic E-state index is 12.2. The Balaban J connectivity index is 2.40. The van der Waals surface area contributed by atoms with Gasteiger partial charge in [0, 0.05) is 16.5 Å². The topological polar surface area (TPSA) is 74.6 Å². The van der Waals surface area contributed by atoms with Crippen LogP contribution < -0.4 is 0 Å². The number of rotatable bonds is 5. The number of benzene rings is 3. The molecule has 0 atom stereocenters. The maximum Gasteiger partial charge on any atom is 0.159 e. The molecule has 0 aromatic heterocycles. The molecule has 4 heteroatoms. The van der Waals surface area contributed by atoms with Crippen molar-refractivity contribution in [3.63, 3.8) is 0 Å². The quantitative estimate of drug-likeness (QED) is 0.438.